The summed E-state index contributed by atoms with van der Waals surface area (Å²) in [6, 6.07) is 3.63. The maximum atomic E-state index is 12.0. The molecule has 2 amide bonds. The second kappa shape index (κ2) is 7.95. The van der Waals surface area contributed by atoms with Crippen molar-refractivity contribution in [1.29, 1.82) is 0 Å². The minimum absolute atomic E-state index is 0.0383. The standard InChI is InChI=1S/C15H23N3O3/c1-11(4-3-8-19)17-15(20)18-13-6-9-21-14(13)12-5-2-7-16-10-12/h2,5,7,10-11,13-14,19H,3-4,6,8-9H2,1H3,(H2,17,18,20)/t11?,13-,14+/m0/s1. The molecule has 21 heavy (non-hydrogen) atoms. The lowest BCUT2D eigenvalue weighted by Gasteiger charge is -2.21. The highest BCUT2D eigenvalue weighted by molar-refractivity contribution is 5.74. The average molecular weight is 293 g/mol. The third-order valence-corrected chi connectivity index (χ3v) is 3.59. The van der Waals surface area contributed by atoms with Crippen molar-refractivity contribution in [3.8, 4) is 0 Å². The molecule has 0 saturated carbocycles. The van der Waals surface area contributed by atoms with Crippen molar-refractivity contribution < 1.29 is 14.6 Å². The van der Waals surface area contributed by atoms with Gasteiger partial charge in [-0.1, -0.05) is 6.07 Å². The molecule has 116 valence electrons. The van der Waals surface area contributed by atoms with Gasteiger partial charge in [0.25, 0.3) is 0 Å². The molecule has 1 aromatic heterocycles. The van der Waals surface area contributed by atoms with E-state index in [0.29, 0.717) is 13.0 Å². The van der Waals surface area contributed by atoms with Crippen LogP contribution in [0.4, 0.5) is 4.79 Å². The number of rotatable bonds is 6. The molecule has 0 aromatic carbocycles. The molecule has 0 radical (unpaired) electrons. The number of hydrogen-bond donors (Lipinski definition) is 3. The number of urea groups is 1. The maximum absolute atomic E-state index is 12.0. The van der Waals surface area contributed by atoms with Gasteiger partial charge in [0.1, 0.15) is 6.10 Å². The number of pyridine rings is 1. The summed E-state index contributed by atoms with van der Waals surface area (Å²) >= 11 is 0. The number of hydrogen-bond acceptors (Lipinski definition) is 4. The fourth-order valence-corrected chi connectivity index (χ4v) is 2.51. The van der Waals surface area contributed by atoms with Gasteiger partial charge in [0, 0.05) is 37.2 Å². The summed E-state index contributed by atoms with van der Waals surface area (Å²) in [6.07, 6.45) is 5.59. The van der Waals surface area contributed by atoms with Gasteiger partial charge in [-0.05, 0) is 32.3 Å². The number of amides is 2. The summed E-state index contributed by atoms with van der Waals surface area (Å²) in [5.41, 5.74) is 0.980. The molecule has 1 saturated heterocycles. The third-order valence-electron chi connectivity index (χ3n) is 3.59. The molecule has 3 N–H and O–H groups in total. The largest absolute Gasteiger partial charge is 0.396 e. The minimum atomic E-state index is -0.190. The van der Waals surface area contributed by atoms with Crippen LogP contribution in [-0.4, -0.2) is 41.4 Å². The Morgan fingerprint density at radius 3 is 3.19 bits per heavy atom. The number of aliphatic hydroxyl groups excluding tert-OH is 1. The van der Waals surface area contributed by atoms with Crippen LogP contribution in [-0.2, 0) is 4.74 Å². The predicted molar refractivity (Wildman–Crippen MR) is 78.8 cm³/mol. The van der Waals surface area contributed by atoms with Crippen LogP contribution in [0.15, 0.2) is 24.5 Å². The number of aliphatic hydroxyl groups is 1. The molecule has 3 atom stereocenters. The van der Waals surface area contributed by atoms with Crippen molar-refractivity contribution in [2.75, 3.05) is 13.2 Å². The van der Waals surface area contributed by atoms with Crippen LogP contribution in [0.3, 0.4) is 0 Å². The molecule has 1 unspecified atom stereocenters. The first-order valence-corrected chi connectivity index (χ1v) is 7.40. The number of nitrogens with zero attached hydrogens (tertiary/aromatic N) is 1. The Balaban J connectivity index is 1.85. The van der Waals surface area contributed by atoms with Crippen molar-refractivity contribution in [2.45, 2.75) is 44.4 Å². The Kier molecular flexibility index (Phi) is 5.95. The second-order valence-electron chi connectivity index (χ2n) is 5.36. The van der Waals surface area contributed by atoms with E-state index < -0.39 is 0 Å². The van der Waals surface area contributed by atoms with E-state index in [2.05, 4.69) is 15.6 Å². The normalized spacial score (nSPS) is 22.8. The fraction of sp³-hybridized carbons (Fsp3) is 0.600. The first kappa shape index (κ1) is 15.7. The Hall–Kier alpha value is -1.66. The smallest absolute Gasteiger partial charge is 0.315 e. The lowest BCUT2D eigenvalue weighted by Crippen LogP contribution is -2.46. The Morgan fingerprint density at radius 1 is 1.62 bits per heavy atom. The monoisotopic (exact) mass is 293 g/mol. The van der Waals surface area contributed by atoms with Gasteiger partial charge in [-0.2, -0.15) is 0 Å². The second-order valence-corrected chi connectivity index (χ2v) is 5.36. The molecule has 0 bridgehead atoms. The SMILES string of the molecule is CC(CCCO)NC(=O)N[C@H]1CCO[C@@H]1c1cccnc1. The molecule has 0 spiro atoms. The van der Waals surface area contributed by atoms with Gasteiger partial charge in [-0.25, -0.2) is 4.79 Å². The van der Waals surface area contributed by atoms with Crippen LogP contribution >= 0.6 is 0 Å². The van der Waals surface area contributed by atoms with E-state index in [-0.39, 0.29) is 30.8 Å². The Morgan fingerprint density at radius 2 is 2.48 bits per heavy atom. The molecular weight excluding hydrogens is 270 g/mol. The van der Waals surface area contributed by atoms with Crippen LogP contribution in [0.25, 0.3) is 0 Å². The molecule has 6 heteroatoms. The third kappa shape index (κ3) is 4.68. The van der Waals surface area contributed by atoms with Crippen molar-refractivity contribution in [2.24, 2.45) is 0 Å². The van der Waals surface area contributed by atoms with E-state index in [0.717, 1.165) is 18.4 Å². The van der Waals surface area contributed by atoms with Crippen molar-refractivity contribution >= 4 is 6.03 Å². The van der Waals surface area contributed by atoms with E-state index in [1.54, 1.807) is 12.4 Å². The Bertz CT molecular complexity index is 441. The van der Waals surface area contributed by atoms with E-state index in [1.807, 2.05) is 19.1 Å². The van der Waals surface area contributed by atoms with Crippen LogP contribution < -0.4 is 10.6 Å². The molecule has 1 aliphatic rings. The zero-order valence-electron chi connectivity index (χ0n) is 12.3. The van der Waals surface area contributed by atoms with E-state index in [1.165, 1.54) is 0 Å². The molecule has 2 heterocycles. The van der Waals surface area contributed by atoms with Gasteiger partial charge in [0.15, 0.2) is 0 Å². The van der Waals surface area contributed by atoms with E-state index in [4.69, 9.17) is 9.84 Å². The average Bonchev–Trinajstić information content (AvgIpc) is 2.94. The number of aromatic nitrogens is 1. The zero-order chi connectivity index (χ0) is 15.1. The van der Waals surface area contributed by atoms with Gasteiger partial charge >= 0.3 is 6.03 Å². The first-order valence-electron chi connectivity index (χ1n) is 7.40. The molecule has 1 aromatic rings. The molecule has 2 rings (SSSR count). The highest BCUT2D eigenvalue weighted by Gasteiger charge is 2.31. The minimum Gasteiger partial charge on any atom is -0.396 e. The predicted octanol–water partition coefficient (Wildman–Crippen LogP) is 1.37. The highest BCUT2D eigenvalue weighted by atomic mass is 16.5. The van der Waals surface area contributed by atoms with E-state index in [9.17, 15) is 4.79 Å². The summed E-state index contributed by atoms with van der Waals surface area (Å²) in [4.78, 5) is 16.1. The molecule has 0 aliphatic carbocycles. The van der Waals surface area contributed by atoms with Gasteiger partial charge in [-0.15, -0.1) is 0 Å². The van der Waals surface area contributed by atoms with Gasteiger partial charge in [-0.3, -0.25) is 4.98 Å². The summed E-state index contributed by atoms with van der Waals surface area (Å²) < 4.78 is 5.71. The van der Waals surface area contributed by atoms with Gasteiger partial charge in [0.2, 0.25) is 0 Å². The number of carbonyl (C=O) groups excluding carboxylic acids is 1. The lowest BCUT2D eigenvalue weighted by atomic mass is 10.0. The molecule has 1 aliphatic heterocycles. The number of ether oxygens (including phenoxy) is 1. The maximum Gasteiger partial charge on any atom is 0.315 e. The van der Waals surface area contributed by atoms with Crippen molar-refractivity contribution in [1.82, 2.24) is 15.6 Å². The van der Waals surface area contributed by atoms with Crippen LogP contribution in [0.1, 0.15) is 37.9 Å². The van der Waals surface area contributed by atoms with Crippen LogP contribution in [0.2, 0.25) is 0 Å². The zero-order valence-corrected chi connectivity index (χ0v) is 12.3. The van der Waals surface area contributed by atoms with Crippen molar-refractivity contribution in [3.63, 3.8) is 0 Å². The summed E-state index contributed by atoms with van der Waals surface area (Å²) in [5.74, 6) is 0. The molecule has 1 fully saturated rings. The molecular formula is C15H23N3O3. The highest BCUT2D eigenvalue weighted by Crippen LogP contribution is 2.28. The van der Waals surface area contributed by atoms with Crippen LogP contribution in [0, 0.1) is 0 Å². The van der Waals surface area contributed by atoms with E-state index >= 15 is 0 Å². The van der Waals surface area contributed by atoms with Crippen molar-refractivity contribution in [3.05, 3.63) is 30.1 Å². The number of carbonyl (C=O) groups is 1. The van der Waals surface area contributed by atoms with Gasteiger partial charge < -0.3 is 20.5 Å². The molecule has 6 nitrogen and oxygen atoms in total. The first-order chi connectivity index (χ1) is 10.2. The van der Waals surface area contributed by atoms with Gasteiger partial charge in [0.05, 0.1) is 6.04 Å². The topological polar surface area (TPSA) is 83.5 Å². The van der Waals surface area contributed by atoms with Crippen LogP contribution in [0.5, 0.6) is 0 Å². The quantitative estimate of drug-likeness (QED) is 0.740. The lowest BCUT2D eigenvalue weighted by molar-refractivity contribution is 0.0995. The number of nitrogens with one attached hydrogen (secondary N) is 2. The summed E-state index contributed by atoms with van der Waals surface area (Å²) in [5, 5.41) is 14.6. The summed E-state index contributed by atoms with van der Waals surface area (Å²) in [7, 11) is 0. The fourth-order valence-electron chi connectivity index (χ4n) is 2.51. The Labute approximate surface area is 124 Å². The summed E-state index contributed by atoms with van der Waals surface area (Å²) in [6.45, 7) is 2.71.